The number of amides is 2. The first-order valence-electron chi connectivity index (χ1n) is 11.3. The first kappa shape index (κ1) is 24.0. The van der Waals surface area contributed by atoms with Crippen LogP contribution in [0.4, 0.5) is 5.69 Å². The first-order valence-corrected chi connectivity index (χ1v) is 11.3. The summed E-state index contributed by atoms with van der Waals surface area (Å²) in [5, 5.41) is 2.78. The Kier molecular flexibility index (Phi) is 7.14. The molecule has 0 atom stereocenters. The normalized spacial score (nSPS) is 12.8. The molecule has 1 aliphatic heterocycles. The lowest BCUT2D eigenvalue weighted by atomic mass is 10.1. The monoisotopic (exact) mass is 477 g/mol. The standard InChI is InChI=1S/C26H27N3O6/c1-16(2)11-27-26(32)19-13-35-24(28-19)12-29-20-10-18(8-9-23(20)34-15-25(29)31)21(30)14-33-22-7-5-4-6-17(22)3/h4-10,13,16H,11-12,14-15H2,1-3H3,(H,27,32). The van der Waals surface area contributed by atoms with Crippen molar-refractivity contribution < 1.29 is 28.3 Å². The SMILES string of the molecule is Cc1ccccc1OCC(=O)c1ccc2c(c1)N(Cc1nc(C(=O)NCC(C)C)co1)C(=O)CO2. The molecule has 1 aromatic heterocycles. The third-order valence-corrected chi connectivity index (χ3v) is 5.42. The second kappa shape index (κ2) is 10.4. The summed E-state index contributed by atoms with van der Waals surface area (Å²) in [4.78, 5) is 43.3. The summed E-state index contributed by atoms with van der Waals surface area (Å²) in [5.41, 5.74) is 1.87. The topological polar surface area (TPSA) is 111 Å². The number of ether oxygens (including phenoxy) is 2. The van der Waals surface area contributed by atoms with Crippen molar-refractivity contribution in [1.29, 1.82) is 0 Å². The molecule has 0 saturated heterocycles. The summed E-state index contributed by atoms with van der Waals surface area (Å²) in [6.45, 7) is 6.09. The number of benzene rings is 2. The highest BCUT2D eigenvalue weighted by Crippen LogP contribution is 2.34. The van der Waals surface area contributed by atoms with Crippen molar-refractivity contribution in [3.8, 4) is 11.5 Å². The molecule has 2 heterocycles. The molecule has 2 amide bonds. The van der Waals surface area contributed by atoms with Gasteiger partial charge < -0.3 is 19.2 Å². The second-order valence-electron chi connectivity index (χ2n) is 8.66. The molecular weight excluding hydrogens is 450 g/mol. The Morgan fingerprint density at radius 2 is 2.00 bits per heavy atom. The van der Waals surface area contributed by atoms with E-state index >= 15 is 0 Å². The molecule has 0 unspecified atom stereocenters. The van der Waals surface area contributed by atoms with Gasteiger partial charge in [-0.25, -0.2) is 4.98 Å². The number of nitrogens with one attached hydrogen (secondary N) is 1. The number of hydrogen-bond acceptors (Lipinski definition) is 7. The average Bonchev–Trinajstić information content (AvgIpc) is 3.32. The predicted molar refractivity (Wildman–Crippen MR) is 128 cm³/mol. The molecule has 0 bridgehead atoms. The van der Waals surface area contributed by atoms with Gasteiger partial charge in [-0.1, -0.05) is 32.0 Å². The zero-order chi connectivity index (χ0) is 24.9. The number of oxazole rings is 1. The summed E-state index contributed by atoms with van der Waals surface area (Å²) in [5.74, 6) is 0.686. The number of hydrogen-bond donors (Lipinski definition) is 1. The number of aryl methyl sites for hydroxylation is 1. The van der Waals surface area contributed by atoms with Crippen LogP contribution in [0.25, 0.3) is 0 Å². The lowest BCUT2D eigenvalue weighted by Crippen LogP contribution is -2.38. The minimum absolute atomic E-state index is 0.00991. The van der Waals surface area contributed by atoms with Crippen LogP contribution in [0.2, 0.25) is 0 Å². The fourth-order valence-corrected chi connectivity index (χ4v) is 3.50. The third-order valence-electron chi connectivity index (χ3n) is 5.42. The van der Waals surface area contributed by atoms with Crippen LogP contribution in [0.3, 0.4) is 0 Å². The molecule has 4 rings (SSSR count). The predicted octanol–water partition coefficient (Wildman–Crippen LogP) is 3.56. The van der Waals surface area contributed by atoms with E-state index in [1.165, 1.54) is 11.2 Å². The molecule has 3 aromatic rings. The summed E-state index contributed by atoms with van der Waals surface area (Å²) < 4.78 is 16.7. The van der Waals surface area contributed by atoms with Gasteiger partial charge in [-0.05, 0) is 42.7 Å². The molecule has 2 aromatic carbocycles. The zero-order valence-corrected chi connectivity index (χ0v) is 19.9. The van der Waals surface area contributed by atoms with Gasteiger partial charge in [0.1, 0.15) is 24.3 Å². The highest BCUT2D eigenvalue weighted by atomic mass is 16.5. The Labute approximate surface area is 203 Å². The van der Waals surface area contributed by atoms with Gasteiger partial charge in [0.25, 0.3) is 11.8 Å². The first-order chi connectivity index (χ1) is 16.8. The van der Waals surface area contributed by atoms with E-state index in [4.69, 9.17) is 13.9 Å². The summed E-state index contributed by atoms with van der Waals surface area (Å²) in [7, 11) is 0. The Hall–Kier alpha value is -4.14. The Morgan fingerprint density at radius 3 is 2.77 bits per heavy atom. The summed E-state index contributed by atoms with van der Waals surface area (Å²) in [6.07, 6.45) is 1.26. The van der Waals surface area contributed by atoms with Crippen molar-refractivity contribution in [3.05, 3.63) is 71.4 Å². The van der Waals surface area contributed by atoms with Crippen LogP contribution in [0, 0.1) is 12.8 Å². The van der Waals surface area contributed by atoms with Crippen molar-refractivity contribution in [2.24, 2.45) is 5.92 Å². The minimum atomic E-state index is -0.344. The molecule has 1 N–H and O–H groups in total. The van der Waals surface area contributed by atoms with Crippen molar-refractivity contribution in [2.45, 2.75) is 27.3 Å². The van der Waals surface area contributed by atoms with Crippen LogP contribution in [0.5, 0.6) is 11.5 Å². The van der Waals surface area contributed by atoms with Gasteiger partial charge in [0.05, 0.1) is 5.69 Å². The molecule has 1 aliphatic rings. The van der Waals surface area contributed by atoms with Gasteiger partial charge in [0.15, 0.2) is 24.7 Å². The number of nitrogens with zero attached hydrogens (tertiary/aromatic N) is 2. The van der Waals surface area contributed by atoms with Gasteiger partial charge in [0, 0.05) is 12.1 Å². The number of para-hydroxylation sites is 1. The van der Waals surface area contributed by atoms with E-state index < -0.39 is 0 Å². The van der Waals surface area contributed by atoms with Gasteiger partial charge in [-0.3, -0.25) is 19.3 Å². The van der Waals surface area contributed by atoms with E-state index in [-0.39, 0.29) is 48.9 Å². The number of carbonyl (C=O) groups excluding carboxylic acids is 3. The van der Waals surface area contributed by atoms with Crippen LogP contribution in [-0.4, -0.2) is 42.3 Å². The fraction of sp³-hybridized carbons (Fsp3) is 0.308. The van der Waals surface area contributed by atoms with Crippen molar-refractivity contribution in [2.75, 3.05) is 24.7 Å². The maximum absolute atomic E-state index is 12.8. The van der Waals surface area contributed by atoms with Gasteiger partial charge in [-0.15, -0.1) is 0 Å². The van der Waals surface area contributed by atoms with E-state index in [2.05, 4.69) is 10.3 Å². The highest BCUT2D eigenvalue weighted by molar-refractivity contribution is 6.02. The summed E-state index contributed by atoms with van der Waals surface area (Å²) in [6, 6.07) is 12.3. The second-order valence-corrected chi connectivity index (χ2v) is 8.66. The van der Waals surface area contributed by atoms with E-state index in [1.54, 1.807) is 24.3 Å². The van der Waals surface area contributed by atoms with Crippen molar-refractivity contribution >= 4 is 23.3 Å². The number of rotatable bonds is 9. The van der Waals surface area contributed by atoms with Crippen LogP contribution >= 0.6 is 0 Å². The van der Waals surface area contributed by atoms with Gasteiger partial charge >= 0.3 is 0 Å². The molecule has 0 fully saturated rings. The van der Waals surface area contributed by atoms with E-state index in [0.717, 1.165) is 5.56 Å². The van der Waals surface area contributed by atoms with Crippen LogP contribution < -0.4 is 19.7 Å². The van der Waals surface area contributed by atoms with Gasteiger partial charge in [-0.2, -0.15) is 0 Å². The Balaban J connectivity index is 1.49. The zero-order valence-electron chi connectivity index (χ0n) is 19.9. The maximum atomic E-state index is 12.8. The molecular formula is C26H27N3O6. The van der Waals surface area contributed by atoms with E-state index in [9.17, 15) is 14.4 Å². The lowest BCUT2D eigenvalue weighted by Gasteiger charge is -2.28. The molecule has 0 aliphatic carbocycles. The lowest BCUT2D eigenvalue weighted by molar-refractivity contribution is -0.121. The maximum Gasteiger partial charge on any atom is 0.273 e. The average molecular weight is 478 g/mol. The van der Waals surface area contributed by atoms with Crippen LogP contribution in [-0.2, 0) is 11.3 Å². The minimum Gasteiger partial charge on any atom is -0.485 e. The Bertz CT molecular complexity index is 1250. The third kappa shape index (κ3) is 5.68. The van der Waals surface area contributed by atoms with Gasteiger partial charge in [0.2, 0.25) is 5.89 Å². The molecule has 9 heteroatoms. The van der Waals surface area contributed by atoms with Crippen molar-refractivity contribution in [3.63, 3.8) is 0 Å². The molecule has 182 valence electrons. The number of carbonyl (C=O) groups is 3. The number of aromatic nitrogens is 1. The molecule has 35 heavy (non-hydrogen) atoms. The quantitative estimate of drug-likeness (QED) is 0.469. The van der Waals surface area contributed by atoms with E-state index in [1.807, 2.05) is 39.0 Å². The van der Waals surface area contributed by atoms with E-state index in [0.29, 0.717) is 35.2 Å². The Morgan fingerprint density at radius 1 is 1.20 bits per heavy atom. The molecule has 0 saturated carbocycles. The number of Topliss-reactive ketones (excluding diaryl/α,β-unsaturated/α-hetero) is 1. The number of fused-ring (bicyclic) bond motifs is 1. The fourth-order valence-electron chi connectivity index (χ4n) is 3.50. The molecule has 0 spiro atoms. The number of anilines is 1. The molecule has 0 radical (unpaired) electrons. The smallest absolute Gasteiger partial charge is 0.273 e. The van der Waals surface area contributed by atoms with Crippen molar-refractivity contribution in [1.82, 2.24) is 10.3 Å². The molecule has 9 nitrogen and oxygen atoms in total. The van der Waals surface area contributed by atoms with Crippen LogP contribution in [0.15, 0.2) is 53.1 Å². The summed E-state index contributed by atoms with van der Waals surface area (Å²) >= 11 is 0. The number of ketones is 1. The van der Waals surface area contributed by atoms with Crippen LogP contribution in [0.1, 0.15) is 46.1 Å². The largest absolute Gasteiger partial charge is 0.485 e. The highest BCUT2D eigenvalue weighted by Gasteiger charge is 2.28.